The number of rotatable bonds is 5. The van der Waals surface area contributed by atoms with Crippen molar-refractivity contribution < 1.29 is 9.53 Å². The zero-order valence-corrected chi connectivity index (χ0v) is 9.84. The molecule has 16 heavy (non-hydrogen) atoms. The highest BCUT2D eigenvalue weighted by Crippen LogP contribution is 2.17. The Labute approximate surface area is 99.8 Å². The number of carbonyl (C=O) groups excluding carboxylic acids is 1. The van der Waals surface area contributed by atoms with E-state index in [2.05, 4.69) is 5.32 Å². The van der Waals surface area contributed by atoms with E-state index < -0.39 is 0 Å². The van der Waals surface area contributed by atoms with E-state index in [-0.39, 0.29) is 17.5 Å². The van der Waals surface area contributed by atoms with Crippen molar-refractivity contribution >= 4 is 23.1 Å². The first-order valence-electron chi connectivity index (χ1n) is 4.93. The normalized spacial score (nSPS) is 9.56. The summed E-state index contributed by atoms with van der Waals surface area (Å²) in [6.45, 7) is 2.40. The van der Waals surface area contributed by atoms with E-state index in [1.807, 2.05) is 13.0 Å². The van der Waals surface area contributed by atoms with Gasteiger partial charge in [-0.3, -0.25) is 4.79 Å². The molecule has 0 atom stereocenters. The Balaban J connectivity index is 2.66. The fourth-order valence-corrected chi connectivity index (χ4v) is 1.36. The molecule has 3 N–H and O–H groups in total. The minimum absolute atomic E-state index is 0.0343. The summed E-state index contributed by atoms with van der Waals surface area (Å²) in [6, 6.07) is 7.10. The van der Waals surface area contributed by atoms with E-state index in [0.29, 0.717) is 17.9 Å². The number of hydrogen-bond acceptors (Lipinski definition) is 3. The lowest BCUT2D eigenvalue weighted by Gasteiger charge is -2.09. The average molecular weight is 238 g/mol. The van der Waals surface area contributed by atoms with Gasteiger partial charge in [0.25, 0.3) is 5.91 Å². The lowest BCUT2D eigenvalue weighted by molar-refractivity contribution is -0.122. The van der Waals surface area contributed by atoms with Gasteiger partial charge in [0, 0.05) is 6.54 Å². The maximum Gasteiger partial charge on any atom is 0.257 e. The molecule has 0 fully saturated rings. The Morgan fingerprint density at radius 3 is 2.81 bits per heavy atom. The zero-order valence-electron chi connectivity index (χ0n) is 9.03. The van der Waals surface area contributed by atoms with Crippen molar-refractivity contribution in [3.05, 3.63) is 29.8 Å². The number of amides is 1. The zero-order chi connectivity index (χ0) is 12.0. The van der Waals surface area contributed by atoms with Crippen LogP contribution < -0.4 is 15.8 Å². The third kappa shape index (κ3) is 3.51. The number of thiocarbonyl (C=S) groups is 1. The number of benzene rings is 1. The molecule has 5 heteroatoms. The standard InChI is InChI=1S/C11H14N2O2S/c1-2-13-10(14)7-15-9-6-4-3-5-8(9)11(12)16/h3-6H,2,7H2,1H3,(H2,12,16)(H,13,14). The quantitative estimate of drug-likeness (QED) is 0.746. The molecule has 0 spiro atoms. The molecule has 0 unspecified atom stereocenters. The van der Waals surface area contributed by atoms with Gasteiger partial charge in [-0.2, -0.15) is 0 Å². The van der Waals surface area contributed by atoms with Crippen molar-refractivity contribution in [1.82, 2.24) is 5.32 Å². The van der Waals surface area contributed by atoms with E-state index in [9.17, 15) is 4.79 Å². The highest BCUT2D eigenvalue weighted by molar-refractivity contribution is 7.80. The molecule has 4 nitrogen and oxygen atoms in total. The van der Waals surface area contributed by atoms with Crippen molar-refractivity contribution in [3.8, 4) is 5.75 Å². The van der Waals surface area contributed by atoms with Crippen LogP contribution >= 0.6 is 12.2 Å². The second-order valence-electron chi connectivity index (χ2n) is 3.10. The molecule has 0 aromatic heterocycles. The summed E-state index contributed by atoms with van der Waals surface area (Å²) in [4.78, 5) is 11.5. The molecule has 0 saturated carbocycles. The summed E-state index contributed by atoms with van der Waals surface area (Å²) in [7, 11) is 0. The first-order valence-corrected chi connectivity index (χ1v) is 5.34. The molecule has 0 aliphatic carbocycles. The second-order valence-corrected chi connectivity index (χ2v) is 3.54. The van der Waals surface area contributed by atoms with E-state index in [0.717, 1.165) is 0 Å². The molecule has 0 aliphatic heterocycles. The molecule has 1 rings (SSSR count). The first kappa shape index (κ1) is 12.4. The summed E-state index contributed by atoms with van der Waals surface area (Å²) in [6.07, 6.45) is 0. The number of hydrogen-bond donors (Lipinski definition) is 2. The molecule has 0 aliphatic rings. The monoisotopic (exact) mass is 238 g/mol. The third-order valence-electron chi connectivity index (χ3n) is 1.89. The lowest BCUT2D eigenvalue weighted by Crippen LogP contribution is -2.28. The van der Waals surface area contributed by atoms with Crippen molar-refractivity contribution in [3.63, 3.8) is 0 Å². The van der Waals surface area contributed by atoms with Crippen LogP contribution in [0.15, 0.2) is 24.3 Å². The number of nitrogens with one attached hydrogen (secondary N) is 1. The van der Waals surface area contributed by atoms with Crippen LogP contribution in [0.3, 0.4) is 0 Å². The van der Waals surface area contributed by atoms with Gasteiger partial charge in [0.1, 0.15) is 10.7 Å². The van der Waals surface area contributed by atoms with Crippen LogP contribution in [0.5, 0.6) is 5.75 Å². The minimum Gasteiger partial charge on any atom is -0.483 e. The second kappa shape index (κ2) is 6.07. The van der Waals surface area contributed by atoms with E-state index >= 15 is 0 Å². The highest BCUT2D eigenvalue weighted by Gasteiger charge is 2.07. The van der Waals surface area contributed by atoms with Gasteiger partial charge < -0.3 is 15.8 Å². The Morgan fingerprint density at radius 1 is 1.50 bits per heavy atom. The maximum atomic E-state index is 11.2. The molecular formula is C11H14N2O2S. The van der Waals surface area contributed by atoms with E-state index in [1.54, 1.807) is 18.2 Å². The number of nitrogens with two attached hydrogens (primary N) is 1. The smallest absolute Gasteiger partial charge is 0.257 e. The third-order valence-corrected chi connectivity index (χ3v) is 2.11. The number of likely N-dealkylation sites (N-methyl/N-ethyl adjacent to an activating group) is 1. The van der Waals surface area contributed by atoms with Crippen LogP contribution in [0.25, 0.3) is 0 Å². The summed E-state index contributed by atoms with van der Waals surface area (Å²) in [5.41, 5.74) is 6.17. The van der Waals surface area contributed by atoms with Crippen LogP contribution in [-0.2, 0) is 4.79 Å². The molecule has 0 radical (unpaired) electrons. The predicted molar refractivity (Wildman–Crippen MR) is 66.5 cm³/mol. The summed E-state index contributed by atoms with van der Waals surface area (Å²) in [5.74, 6) is 0.362. The van der Waals surface area contributed by atoms with E-state index in [4.69, 9.17) is 22.7 Å². The SMILES string of the molecule is CCNC(=O)COc1ccccc1C(N)=S. The molecule has 0 saturated heterocycles. The minimum atomic E-state index is -0.166. The van der Waals surface area contributed by atoms with Crippen LogP contribution in [0, 0.1) is 0 Å². The van der Waals surface area contributed by atoms with Crippen molar-refractivity contribution in [2.75, 3.05) is 13.2 Å². The van der Waals surface area contributed by atoms with Crippen molar-refractivity contribution in [1.29, 1.82) is 0 Å². The van der Waals surface area contributed by atoms with Gasteiger partial charge in [0.15, 0.2) is 6.61 Å². The topological polar surface area (TPSA) is 64.3 Å². The highest BCUT2D eigenvalue weighted by atomic mass is 32.1. The Bertz CT molecular complexity index is 393. The summed E-state index contributed by atoms with van der Waals surface area (Å²) < 4.78 is 5.33. The Morgan fingerprint density at radius 2 is 2.19 bits per heavy atom. The fourth-order valence-electron chi connectivity index (χ4n) is 1.19. The molecule has 1 amide bonds. The van der Waals surface area contributed by atoms with Crippen LogP contribution in [0.2, 0.25) is 0 Å². The number of para-hydroxylation sites is 1. The molecule has 86 valence electrons. The van der Waals surface area contributed by atoms with Crippen LogP contribution in [-0.4, -0.2) is 24.0 Å². The molecule has 1 aromatic carbocycles. The van der Waals surface area contributed by atoms with Gasteiger partial charge in [-0.15, -0.1) is 0 Å². The number of carbonyl (C=O) groups is 1. The Hall–Kier alpha value is -1.62. The van der Waals surface area contributed by atoms with E-state index in [1.165, 1.54) is 0 Å². The molecule has 1 aromatic rings. The van der Waals surface area contributed by atoms with Gasteiger partial charge >= 0.3 is 0 Å². The Kier molecular flexibility index (Phi) is 4.72. The average Bonchev–Trinajstić information content (AvgIpc) is 2.27. The summed E-state index contributed by atoms with van der Waals surface area (Å²) >= 11 is 4.88. The van der Waals surface area contributed by atoms with Crippen molar-refractivity contribution in [2.24, 2.45) is 5.73 Å². The largest absolute Gasteiger partial charge is 0.483 e. The maximum absolute atomic E-state index is 11.2. The van der Waals surface area contributed by atoms with Crippen LogP contribution in [0.1, 0.15) is 12.5 Å². The van der Waals surface area contributed by atoms with Gasteiger partial charge in [-0.25, -0.2) is 0 Å². The molecule has 0 bridgehead atoms. The predicted octanol–water partition coefficient (Wildman–Crippen LogP) is 0.836. The number of ether oxygens (including phenoxy) is 1. The fraction of sp³-hybridized carbons (Fsp3) is 0.273. The van der Waals surface area contributed by atoms with Crippen molar-refractivity contribution in [2.45, 2.75) is 6.92 Å². The van der Waals surface area contributed by atoms with Gasteiger partial charge in [-0.1, -0.05) is 24.4 Å². The lowest BCUT2D eigenvalue weighted by atomic mass is 10.2. The molecule has 0 heterocycles. The molecular weight excluding hydrogens is 224 g/mol. The van der Waals surface area contributed by atoms with Crippen LogP contribution in [0.4, 0.5) is 0 Å². The van der Waals surface area contributed by atoms with Gasteiger partial charge in [0.05, 0.1) is 5.56 Å². The van der Waals surface area contributed by atoms with Gasteiger partial charge in [-0.05, 0) is 19.1 Å². The van der Waals surface area contributed by atoms with Gasteiger partial charge in [0.2, 0.25) is 0 Å². The summed E-state index contributed by atoms with van der Waals surface area (Å²) in [5, 5.41) is 2.64. The first-order chi connectivity index (χ1) is 7.65.